The lowest BCUT2D eigenvalue weighted by Gasteiger charge is -2.20. The molecule has 6 heteroatoms. The Hall–Kier alpha value is -1.82. The zero-order valence-corrected chi connectivity index (χ0v) is 10.7. The summed E-state index contributed by atoms with van der Waals surface area (Å²) in [6.45, 7) is 0.950. The number of rotatable bonds is 5. The van der Waals surface area contributed by atoms with Crippen molar-refractivity contribution >= 4 is 17.3 Å². The normalized spacial score (nSPS) is 10.2. The number of hydrogen-bond acceptors (Lipinski definition) is 5. The Labute approximate surface area is 105 Å². The van der Waals surface area contributed by atoms with Gasteiger partial charge in [0.15, 0.2) is 0 Å². The van der Waals surface area contributed by atoms with Gasteiger partial charge in [0.25, 0.3) is 0 Å². The van der Waals surface area contributed by atoms with Crippen LogP contribution in [0, 0.1) is 5.82 Å². The van der Waals surface area contributed by atoms with Crippen molar-refractivity contribution in [1.82, 2.24) is 0 Å². The molecule has 1 aromatic carbocycles. The van der Waals surface area contributed by atoms with Gasteiger partial charge in [-0.1, -0.05) is 0 Å². The Kier molecular flexibility index (Phi) is 4.91. The van der Waals surface area contributed by atoms with E-state index in [1.54, 1.807) is 19.1 Å². The summed E-state index contributed by atoms with van der Waals surface area (Å²) in [6.07, 6.45) is 0. The van der Waals surface area contributed by atoms with Crippen LogP contribution in [0.15, 0.2) is 12.1 Å². The number of nitrogen functional groups attached to an aromatic ring is 1. The molecule has 0 radical (unpaired) electrons. The van der Waals surface area contributed by atoms with Crippen molar-refractivity contribution in [3.63, 3.8) is 0 Å². The summed E-state index contributed by atoms with van der Waals surface area (Å²) in [6, 6.07) is 2.50. The largest absolute Gasteiger partial charge is 0.465 e. The van der Waals surface area contributed by atoms with Gasteiger partial charge in [0, 0.05) is 26.4 Å². The Morgan fingerprint density at radius 2 is 2.11 bits per heavy atom. The molecule has 0 aliphatic rings. The second-order valence-electron chi connectivity index (χ2n) is 3.80. The van der Waals surface area contributed by atoms with E-state index < -0.39 is 11.8 Å². The molecule has 0 spiro atoms. The lowest BCUT2D eigenvalue weighted by Crippen LogP contribution is -2.23. The average Bonchev–Trinajstić information content (AvgIpc) is 2.35. The molecule has 0 fully saturated rings. The number of halogens is 1. The first-order valence-electron chi connectivity index (χ1n) is 5.38. The van der Waals surface area contributed by atoms with E-state index in [1.165, 1.54) is 13.2 Å². The number of hydrogen-bond donors (Lipinski definition) is 1. The number of ether oxygens (including phenoxy) is 2. The van der Waals surface area contributed by atoms with E-state index in [0.717, 1.165) is 6.07 Å². The molecule has 0 aliphatic carbocycles. The predicted molar refractivity (Wildman–Crippen MR) is 67.3 cm³/mol. The number of benzene rings is 1. The minimum absolute atomic E-state index is 0.0586. The van der Waals surface area contributed by atoms with Gasteiger partial charge in [0.05, 0.1) is 25.0 Å². The lowest BCUT2D eigenvalue weighted by atomic mass is 10.1. The summed E-state index contributed by atoms with van der Waals surface area (Å²) in [5.74, 6) is -1.08. The number of carbonyl (C=O) groups is 1. The van der Waals surface area contributed by atoms with Gasteiger partial charge in [0.2, 0.25) is 0 Å². The fourth-order valence-electron chi connectivity index (χ4n) is 1.51. The Morgan fingerprint density at radius 3 is 2.67 bits per heavy atom. The Balaban J connectivity index is 3.08. The van der Waals surface area contributed by atoms with Gasteiger partial charge < -0.3 is 20.1 Å². The maximum absolute atomic E-state index is 13.8. The summed E-state index contributed by atoms with van der Waals surface area (Å²) in [5.41, 5.74) is 6.07. The molecule has 18 heavy (non-hydrogen) atoms. The summed E-state index contributed by atoms with van der Waals surface area (Å²) in [5, 5.41) is 0. The minimum atomic E-state index is -0.589. The molecular formula is C12H17FN2O3. The summed E-state index contributed by atoms with van der Waals surface area (Å²) in [4.78, 5) is 13.1. The Bertz CT molecular complexity index is 438. The second-order valence-corrected chi connectivity index (χ2v) is 3.80. The van der Waals surface area contributed by atoms with Crippen LogP contribution in [0.5, 0.6) is 0 Å². The SMILES string of the molecule is COCCN(C)c1cc(C(=O)OC)c(N)cc1F. The van der Waals surface area contributed by atoms with Gasteiger partial charge in [-0.05, 0) is 12.1 Å². The minimum Gasteiger partial charge on any atom is -0.465 e. The van der Waals surface area contributed by atoms with E-state index >= 15 is 0 Å². The second kappa shape index (κ2) is 6.20. The van der Waals surface area contributed by atoms with Crippen LogP contribution in [0.2, 0.25) is 0 Å². The molecule has 0 aromatic heterocycles. The third kappa shape index (κ3) is 3.10. The molecule has 0 heterocycles. The first-order chi connectivity index (χ1) is 8.51. The van der Waals surface area contributed by atoms with Crippen molar-refractivity contribution < 1.29 is 18.7 Å². The van der Waals surface area contributed by atoms with Gasteiger partial charge in [-0.2, -0.15) is 0 Å². The molecule has 0 aliphatic heterocycles. The molecule has 0 unspecified atom stereocenters. The van der Waals surface area contributed by atoms with Gasteiger partial charge in [-0.3, -0.25) is 0 Å². The van der Waals surface area contributed by atoms with E-state index in [1.807, 2.05) is 0 Å². The summed E-state index contributed by atoms with van der Waals surface area (Å²) >= 11 is 0. The van der Waals surface area contributed by atoms with Gasteiger partial charge in [-0.25, -0.2) is 9.18 Å². The molecule has 0 bridgehead atoms. The monoisotopic (exact) mass is 256 g/mol. The van der Waals surface area contributed by atoms with Crippen molar-refractivity contribution in [2.75, 3.05) is 45.1 Å². The number of esters is 1. The van der Waals surface area contributed by atoms with Crippen LogP contribution >= 0.6 is 0 Å². The van der Waals surface area contributed by atoms with Gasteiger partial charge in [-0.15, -0.1) is 0 Å². The molecule has 2 N–H and O–H groups in total. The van der Waals surface area contributed by atoms with Gasteiger partial charge in [0.1, 0.15) is 5.82 Å². The van der Waals surface area contributed by atoms with E-state index in [9.17, 15) is 9.18 Å². The molecular weight excluding hydrogens is 239 g/mol. The van der Waals surface area contributed by atoms with Gasteiger partial charge >= 0.3 is 5.97 Å². The van der Waals surface area contributed by atoms with Crippen molar-refractivity contribution in [2.24, 2.45) is 0 Å². The summed E-state index contributed by atoms with van der Waals surface area (Å²) < 4.78 is 23.3. The number of anilines is 2. The maximum Gasteiger partial charge on any atom is 0.340 e. The maximum atomic E-state index is 13.8. The predicted octanol–water partition coefficient (Wildman–Crippen LogP) is 1.28. The van der Waals surface area contributed by atoms with Crippen molar-refractivity contribution in [1.29, 1.82) is 0 Å². The topological polar surface area (TPSA) is 64.8 Å². The molecule has 0 saturated carbocycles. The van der Waals surface area contributed by atoms with E-state index in [-0.39, 0.29) is 16.9 Å². The van der Waals surface area contributed by atoms with Crippen LogP contribution in [0.3, 0.4) is 0 Å². The first kappa shape index (κ1) is 14.2. The zero-order chi connectivity index (χ0) is 13.7. The van der Waals surface area contributed by atoms with Crippen LogP contribution in [0.4, 0.5) is 15.8 Å². The van der Waals surface area contributed by atoms with Crippen LogP contribution in [0.1, 0.15) is 10.4 Å². The number of likely N-dealkylation sites (N-methyl/N-ethyl adjacent to an activating group) is 1. The first-order valence-corrected chi connectivity index (χ1v) is 5.38. The smallest absolute Gasteiger partial charge is 0.340 e. The fourth-order valence-corrected chi connectivity index (χ4v) is 1.51. The third-order valence-corrected chi connectivity index (χ3v) is 2.57. The average molecular weight is 256 g/mol. The van der Waals surface area contributed by atoms with Crippen molar-refractivity contribution in [3.8, 4) is 0 Å². The van der Waals surface area contributed by atoms with Crippen LogP contribution in [-0.2, 0) is 9.47 Å². The standard InChI is InChI=1S/C12H17FN2O3/c1-15(4-5-17-2)11-6-8(12(16)18-3)10(14)7-9(11)13/h6-7H,4-5,14H2,1-3H3. The molecule has 1 aromatic rings. The molecule has 0 amide bonds. The molecule has 1 rings (SSSR count). The number of carbonyl (C=O) groups excluding carboxylic acids is 1. The highest BCUT2D eigenvalue weighted by molar-refractivity contribution is 5.96. The van der Waals surface area contributed by atoms with Crippen molar-refractivity contribution in [3.05, 3.63) is 23.5 Å². The zero-order valence-electron chi connectivity index (χ0n) is 10.7. The molecule has 5 nitrogen and oxygen atoms in total. The highest BCUT2D eigenvalue weighted by Gasteiger charge is 2.16. The number of nitrogens with zero attached hydrogens (tertiary/aromatic N) is 1. The number of methoxy groups -OCH3 is 2. The summed E-state index contributed by atoms with van der Waals surface area (Å²) in [7, 11) is 4.52. The lowest BCUT2D eigenvalue weighted by molar-refractivity contribution is 0.0602. The highest BCUT2D eigenvalue weighted by Crippen LogP contribution is 2.25. The molecule has 0 saturated heterocycles. The quantitative estimate of drug-likeness (QED) is 0.635. The van der Waals surface area contributed by atoms with E-state index in [4.69, 9.17) is 10.5 Å². The van der Waals surface area contributed by atoms with E-state index in [0.29, 0.717) is 13.2 Å². The number of nitrogens with two attached hydrogens (primary N) is 1. The molecule has 0 atom stereocenters. The van der Waals surface area contributed by atoms with Crippen LogP contribution < -0.4 is 10.6 Å². The molecule has 100 valence electrons. The highest BCUT2D eigenvalue weighted by atomic mass is 19.1. The van der Waals surface area contributed by atoms with Crippen molar-refractivity contribution in [2.45, 2.75) is 0 Å². The Morgan fingerprint density at radius 1 is 1.44 bits per heavy atom. The fraction of sp³-hybridized carbons (Fsp3) is 0.417. The van der Waals surface area contributed by atoms with E-state index in [2.05, 4.69) is 4.74 Å². The third-order valence-electron chi connectivity index (χ3n) is 2.57. The van der Waals surface area contributed by atoms with Crippen LogP contribution in [-0.4, -0.2) is 40.4 Å². The van der Waals surface area contributed by atoms with Crippen LogP contribution in [0.25, 0.3) is 0 Å².